The summed E-state index contributed by atoms with van der Waals surface area (Å²) in [5.41, 5.74) is 5.69. The van der Waals surface area contributed by atoms with E-state index in [1.165, 1.54) is 30.5 Å². The molecule has 0 spiro atoms. The Hall–Kier alpha value is -3.79. The third kappa shape index (κ3) is 6.09. The summed E-state index contributed by atoms with van der Waals surface area (Å²) < 4.78 is 5.42. The van der Waals surface area contributed by atoms with E-state index in [1.807, 2.05) is 36.6 Å². The Morgan fingerprint density at radius 3 is 2.74 bits per heavy atom. The van der Waals surface area contributed by atoms with Crippen molar-refractivity contribution in [3.8, 4) is 17.0 Å². The molecule has 9 nitrogen and oxygen atoms in total. The fourth-order valence-corrected chi connectivity index (χ4v) is 3.31. The van der Waals surface area contributed by atoms with Crippen LogP contribution in [0.25, 0.3) is 11.3 Å². The molecule has 0 unspecified atom stereocenters. The van der Waals surface area contributed by atoms with E-state index in [2.05, 4.69) is 20.8 Å². The van der Waals surface area contributed by atoms with Crippen molar-refractivity contribution in [2.75, 3.05) is 17.3 Å². The Bertz CT molecular complexity index is 1100. The maximum Gasteiger partial charge on any atom is 0.311 e. The molecule has 0 saturated heterocycles. The number of amides is 1. The number of aromatic nitrogens is 1. The normalized spacial score (nSPS) is 10.8. The van der Waals surface area contributed by atoms with Crippen molar-refractivity contribution >= 4 is 40.0 Å². The number of nitrogens with zero attached hydrogens (tertiary/aromatic N) is 3. The average Bonchev–Trinajstić information content (AvgIpc) is 3.21. The second-order valence-corrected chi connectivity index (χ2v) is 7.36. The number of hydrazone groups is 1. The fraction of sp³-hybridized carbons (Fsp3) is 0.190. The molecule has 0 aliphatic heterocycles. The minimum atomic E-state index is -0.472. The first-order valence-corrected chi connectivity index (χ1v) is 10.4. The third-order valence-corrected chi connectivity index (χ3v) is 4.77. The lowest BCUT2D eigenvalue weighted by molar-refractivity contribution is -0.385. The van der Waals surface area contributed by atoms with Crippen molar-refractivity contribution < 1.29 is 14.5 Å². The van der Waals surface area contributed by atoms with Gasteiger partial charge in [0.05, 0.1) is 23.4 Å². The lowest BCUT2D eigenvalue weighted by Crippen LogP contribution is -2.05. The second-order valence-electron chi connectivity index (χ2n) is 6.50. The van der Waals surface area contributed by atoms with Crippen molar-refractivity contribution in [2.45, 2.75) is 20.3 Å². The average molecular weight is 439 g/mol. The van der Waals surface area contributed by atoms with Crippen molar-refractivity contribution in [3.05, 3.63) is 63.5 Å². The highest BCUT2D eigenvalue weighted by Crippen LogP contribution is 2.28. The molecule has 3 aromatic rings. The lowest BCUT2D eigenvalue weighted by Gasteiger charge is -2.05. The van der Waals surface area contributed by atoms with Gasteiger partial charge in [0.1, 0.15) is 0 Å². The highest BCUT2D eigenvalue weighted by molar-refractivity contribution is 7.14. The molecular formula is C21H21N5O4S. The summed E-state index contributed by atoms with van der Waals surface area (Å²) in [5, 5.41) is 20.6. The van der Waals surface area contributed by atoms with Gasteiger partial charge in [-0.05, 0) is 30.7 Å². The molecule has 3 rings (SSSR count). The molecule has 0 aliphatic carbocycles. The molecule has 1 heterocycles. The molecule has 0 radical (unpaired) electrons. The Kier molecular flexibility index (Phi) is 7.28. The van der Waals surface area contributed by atoms with E-state index < -0.39 is 4.92 Å². The van der Waals surface area contributed by atoms with Crippen LogP contribution in [0.4, 0.5) is 16.5 Å². The van der Waals surface area contributed by atoms with Gasteiger partial charge < -0.3 is 10.1 Å². The molecule has 1 aromatic heterocycles. The minimum Gasteiger partial charge on any atom is -0.487 e. The molecule has 0 bridgehead atoms. The Balaban J connectivity index is 1.65. The van der Waals surface area contributed by atoms with E-state index in [0.717, 1.165) is 23.4 Å². The van der Waals surface area contributed by atoms with E-state index in [-0.39, 0.29) is 17.3 Å². The van der Waals surface area contributed by atoms with Crippen molar-refractivity contribution in [2.24, 2.45) is 5.10 Å². The van der Waals surface area contributed by atoms with Crippen LogP contribution < -0.4 is 15.5 Å². The Morgan fingerprint density at radius 1 is 1.29 bits per heavy atom. The first kappa shape index (κ1) is 21.9. The fourth-order valence-electron chi connectivity index (χ4n) is 2.64. The molecular weight excluding hydrogens is 418 g/mol. The van der Waals surface area contributed by atoms with E-state index >= 15 is 0 Å². The first-order valence-electron chi connectivity index (χ1n) is 9.50. The number of ether oxygens (including phenoxy) is 1. The van der Waals surface area contributed by atoms with E-state index in [0.29, 0.717) is 17.3 Å². The van der Waals surface area contributed by atoms with Gasteiger partial charge in [0, 0.05) is 35.2 Å². The molecule has 1 amide bonds. The zero-order valence-corrected chi connectivity index (χ0v) is 17.8. The van der Waals surface area contributed by atoms with Gasteiger partial charge >= 0.3 is 5.69 Å². The van der Waals surface area contributed by atoms with Gasteiger partial charge in [0.25, 0.3) is 0 Å². The zero-order chi connectivity index (χ0) is 22.2. The van der Waals surface area contributed by atoms with Crippen LogP contribution in [0.5, 0.6) is 5.75 Å². The predicted molar refractivity (Wildman–Crippen MR) is 122 cm³/mol. The number of carbonyl (C=O) groups is 1. The maximum atomic E-state index is 11.3. The van der Waals surface area contributed by atoms with Gasteiger partial charge in [-0.2, -0.15) is 5.10 Å². The molecule has 160 valence electrons. The number of nitro benzene ring substituents is 1. The number of nitrogens with one attached hydrogen (secondary N) is 2. The Morgan fingerprint density at radius 2 is 2.06 bits per heavy atom. The van der Waals surface area contributed by atoms with Crippen LogP contribution in [0, 0.1) is 10.1 Å². The van der Waals surface area contributed by atoms with Gasteiger partial charge in [0.2, 0.25) is 11.0 Å². The largest absolute Gasteiger partial charge is 0.487 e. The van der Waals surface area contributed by atoms with Crippen molar-refractivity contribution in [3.63, 3.8) is 0 Å². The topological polar surface area (TPSA) is 119 Å². The summed E-state index contributed by atoms with van der Waals surface area (Å²) in [6.07, 6.45) is 2.25. The van der Waals surface area contributed by atoms with E-state index in [4.69, 9.17) is 4.74 Å². The second kappa shape index (κ2) is 10.3. The zero-order valence-electron chi connectivity index (χ0n) is 17.0. The summed E-state index contributed by atoms with van der Waals surface area (Å²) in [5.74, 6) is 0.116. The number of nitro groups is 1. The SMILES string of the molecule is CCCOc1ccc(/C=N\Nc2nc(-c3ccc(NC(C)=O)cc3)cs2)cc1[N+](=O)[O-]. The monoisotopic (exact) mass is 439 g/mol. The molecule has 0 aliphatic rings. The van der Waals surface area contributed by atoms with Gasteiger partial charge in [-0.25, -0.2) is 4.98 Å². The number of hydrogen-bond acceptors (Lipinski definition) is 8. The van der Waals surface area contributed by atoms with Crippen LogP contribution in [0.1, 0.15) is 25.8 Å². The minimum absolute atomic E-state index is 0.100. The van der Waals surface area contributed by atoms with Crippen LogP contribution >= 0.6 is 11.3 Å². The standard InChI is InChI=1S/C21H21N5O4S/c1-3-10-30-20-9-4-15(11-19(20)26(28)29)12-22-25-21-24-18(13-31-21)16-5-7-17(8-6-16)23-14(2)27/h4-9,11-13H,3,10H2,1-2H3,(H,23,27)(H,24,25)/b22-12-. The molecule has 2 N–H and O–H groups in total. The van der Waals surface area contributed by atoms with Crippen molar-refractivity contribution in [1.82, 2.24) is 4.98 Å². The highest BCUT2D eigenvalue weighted by atomic mass is 32.1. The predicted octanol–water partition coefficient (Wildman–Crippen LogP) is 4.91. The number of rotatable bonds is 9. The summed E-state index contributed by atoms with van der Waals surface area (Å²) in [4.78, 5) is 26.4. The van der Waals surface area contributed by atoms with Crippen LogP contribution in [-0.4, -0.2) is 28.6 Å². The summed E-state index contributed by atoms with van der Waals surface area (Å²) in [7, 11) is 0. The van der Waals surface area contributed by atoms with Crippen LogP contribution in [-0.2, 0) is 4.79 Å². The molecule has 0 atom stereocenters. The number of carbonyl (C=O) groups excluding carboxylic acids is 1. The van der Waals surface area contributed by atoms with Crippen LogP contribution in [0.15, 0.2) is 52.9 Å². The molecule has 0 fully saturated rings. The van der Waals surface area contributed by atoms with E-state index in [1.54, 1.807) is 12.1 Å². The lowest BCUT2D eigenvalue weighted by atomic mass is 10.1. The molecule has 31 heavy (non-hydrogen) atoms. The summed E-state index contributed by atoms with van der Waals surface area (Å²) in [6, 6.07) is 12.0. The van der Waals surface area contributed by atoms with Gasteiger partial charge in [0.15, 0.2) is 5.75 Å². The number of benzene rings is 2. The third-order valence-electron chi connectivity index (χ3n) is 4.02. The number of anilines is 2. The van der Waals surface area contributed by atoms with Gasteiger partial charge in [-0.15, -0.1) is 11.3 Å². The van der Waals surface area contributed by atoms with Gasteiger partial charge in [-0.3, -0.25) is 20.3 Å². The number of thiazole rings is 1. The number of hydrogen-bond donors (Lipinski definition) is 2. The first-order chi connectivity index (χ1) is 15.0. The molecule has 2 aromatic carbocycles. The van der Waals surface area contributed by atoms with E-state index in [9.17, 15) is 14.9 Å². The highest BCUT2D eigenvalue weighted by Gasteiger charge is 2.15. The smallest absolute Gasteiger partial charge is 0.311 e. The summed E-state index contributed by atoms with van der Waals surface area (Å²) >= 11 is 1.38. The Labute approximate surface area is 182 Å². The van der Waals surface area contributed by atoms with Crippen LogP contribution in [0.3, 0.4) is 0 Å². The van der Waals surface area contributed by atoms with Crippen LogP contribution in [0.2, 0.25) is 0 Å². The summed E-state index contributed by atoms with van der Waals surface area (Å²) in [6.45, 7) is 3.81. The molecule has 10 heteroatoms. The van der Waals surface area contributed by atoms with Crippen molar-refractivity contribution in [1.29, 1.82) is 0 Å². The quantitative estimate of drug-likeness (QED) is 0.278. The maximum absolute atomic E-state index is 11.3. The van der Waals surface area contributed by atoms with Gasteiger partial charge in [-0.1, -0.05) is 19.1 Å². The molecule has 0 saturated carbocycles.